The highest BCUT2D eigenvalue weighted by Gasteiger charge is 2.24. The van der Waals surface area contributed by atoms with E-state index in [2.05, 4.69) is 15.2 Å². The molecule has 5 heteroatoms. The molecule has 0 aromatic carbocycles. The van der Waals surface area contributed by atoms with Crippen LogP contribution in [0, 0.1) is 0 Å². The van der Waals surface area contributed by atoms with Gasteiger partial charge in [0.2, 0.25) is 5.95 Å². The van der Waals surface area contributed by atoms with E-state index in [-0.39, 0.29) is 11.8 Å². The number of carbonyl (C=O) groups excluding carboxylic acids is 1. The lowest BCUT2D eigenvalue weighted by Gasteiger charge is -2.32. The normalized spacial score (nSPS) is 23.0. The van der Waals surface area contributed by atoms with Crippen LogP contribution in [0.15, 0.2) is 6.20 Å². The van der Waals surface area contributed by atoms with Crippen LogP contribution in [0.2, 0.25) is 0 Å². The van der Waals surface area contributed by atoms with Crippen molar-refractivity contribution in [2.45, 2.75) is 38.6 Å². The summed E-state index contributed by atoms with van der Waals surface area (Å²) in [4.78, 5) is 22.8. The van der Waals surface area contributed by atoms with Crippen LogP contribution in [-0.4, -0.2) is 41.4 Å². The number of carbonyl (C=O) groups is 1. The largest absolute Gasteiger partial charge is 0.338 e. The average Bonchev–Trinajstić information content (AvgIpc) is 2.47. The number of hydrogen-bond acceptors (Lipinski definition) is 5. The Hall–Kier alpha value is -1.49. The summed E-state index contributed by atoms with van der Waals surface area (Å²) in [6, 6.07) is -0.0895. The Kier molecular flexibility index (Phi) is 3.46. The molecular formula is C14H20N4O. The Labute approximate surface area is 113 Å². The third-order valence-corrected chi connectivity index (χ3v) is 4.00. The molecule has 3 rings (SSSR count). The van der Waals surface area contributed by atoms with Crippen LogP contribution in [0.3, 0.4) is 0 Å². The Morgan fingerprint density at radius 3 is 3.11 bits per heavy atom. The van der Waals surface area contributed by atoms with Crippen molar-refractivity contribution < 1.29 is 4.79 Å². The fourth-order valence-electron chi connectivity index (χ4n) is 2.82. The number of nitrogens with one attached hydrogen (secondary N) is 1. The summed E-state index contributed by atoms with van der Waals surface area (Å²) < 4.78 is 0. The van der Waals surface area contributed by atoms with E-state index >= 15 is 0 Å². The first-order valence-electron chi connectivity index (χ1n) is 7.07. The fourth-order valence-corrected chi connectivity index (χ4v) is 2.82. The number of hydrogen-bond donors (Lipinski definition) is 1. The molecule has 1 aliphatic heterocycles. The average molecular weight is 260 g/mol. The third-order valence-electron chi connectivity index (χ3n) is 4.00. The predicted octanol–water partition coefficient (Wildman–Crippen LogP) is 0.723. The maximum absolute atomic E-state index is 11.5. The second kappa shape index (κ2) is 5.25. The van der Waals surface area contributed by atoms with E-state index in [1.807, 2.05) is 6.20 Å². The number of rotatable bonds is 2. The minimum Gasteiger partial charge on any atom is -0.338 e. The van der Waals surface area contributed by atoms with Gasteiger partial charge in [0, 0.05) is 31.5 Å². The minimum atomic E-state index is -0.0895. The van der Waals surface area contributed by atoms with Crippen LogP contribution in [0.4, 0.5) is 5.95 Å². The highest BCUT2D eigenvalue weighted by Crippen LogP contribution is 2.21. The first-order valence-corrected chi connectivity index (χ1v) is 7.07. The molecular weight excluding hydrogens is 240 g/mol. The van der Waals surface area contributed by atoms with Crippen LogP contribution in [0.25, 0.3) is 0 Å². The lowest BCUT2D eigenvalue weighted by molar-refractivity contribution is -0.118. The van der Waals surface area contributed by atoms with Crippen LogP contribution in [0.1, 0.15) is 31.0 Å². The van der Waals surface area contributed by atoms with Crippen LogP contribution in [0.5, 0.6) is 0 Å². The fraction of sp³-hybridized carbons (Fsp3) is 0.643. The Morgan fingerprint density at radius 1 is 1.42 bits per heavy atom. The number of nitrogens with zero attached hydrogens (tertiary/aromatic N) is 3. The van der Waals surface area contributed by atoms with E-state index < -0.39 is 0 Å². The van der Waals surface area contributed by atoms with Crippen molar-refractivity contribution in [2.75, 3.05) is 24.5 Å². The summed E-state index contributed by atoms with van der Waals surface area (Å²) >= 11 is 0. The van der Waals surface area contributed by atoms with E-state index in [0.717, 1.165) is 31.9 Å². The highest BCUT2D eigenvalue weighted by molar-refractivity contribution is 5.82. The number of piperazine rings is 1. The van der Waals surface area contributed by atoms with Crippen molar-refractivity contribution in [2.24, 2.45) is 0 Å². The van der Waals surface area contributed by atoms with Crippen molar-refractivity contribution in [1.29, 1.82) is 0 Å². The maximum atomic E-state index is 11.5. The SMILES string of the molecule is CC(=O)[C@H]1CN(c2ncc3c(n2)CCCC3)CCN1. The summed E-state index contributed by atoms with van der Waals surface area (Å²) in [6.07, 6.45) is 6.61. The van der Waals surface area contributed by atoms with E-state index in [1.165, 1.54) is 24.1 Å². The molecule has 0 amide bonds. The van der Waals surface area contributed by atoms with Gasteiger partial charge in [-0.1, -0.05) is 0 Å². The van der Waals surface area contributed by atoms with Gasteiger partial charge in [-0.3, -0.25) is 4.79 Å². The number of Topliss-reactive ketones (excluding diaryl/α,β-unsaturated/α-hetero) is 1. The van der Waals surface area contributed by atoms with E-state index in [0.29, 0.717) is 6.54 Å². The summed E-state index contributed by atoms with van der Waals surface area (Å²) in [7, 11) is 0. The van der Waals surface area contributed by atoms with Gasteiger partial charge in [-0.05, 0) is 38.2 Å². The summed E-state index contributed by atoms with van der Waals surface area (Å²) in [5, 5.41) is 3.23. The molecule has 2 heterocycles. The molecule has 1 aromatic heterocycles. The van der Waals surface area contributed by atoms with Crippen molar-refractivity contribution in [3.8, 4) is 0 Å². The highest BCUT2D eigenvalue weighted by atomic mass is 16.1. The van der Waals surface area contributed by atoms with Crippen molar-refractivity contribution >= 4 is 11.7 Å². The summed E-state index contributed by atoms with van der Waals surface area (Å²) in [5.41, 5.74) is 2.50. The molecule has 1 aliphatic carbocycles. The molecule has 5 nitrogen and oxygen atoms in total. The zero-order chi connectivity index (χ0) is 13.2. The second-order valence-corrected chi connectivity index (χ2v) is 5.41. The molecule has 2 aliphatic rings. The van der Waals surface area contributed by atoms with Gasteiger partial charge in [0.05, 0.1) is 6.04 Å². The monoisotopic (exact) mass is 260 g/mol. The zero-order valence-electron chi connectivity index (χ0n) is 11.4. The molecule has 0 spiro atoms. The van der Waals surface area contributed by atoms with Gasteiger partial charge in [0.15, 0.2) is 0 Å². The van der Waals surface area contributed by atoms with Gasteiger partial charge in [0.25, 0.3) is 0 Å². The van der Waals surface area contributed by atoms with Crippen molar-refractivity contribution in [3.05, 3.63) is 17.5 Å². The quantitative estimate of drug-likeness (QED) is 0.849. The second-order valence-electron chi connectivity index (χ2n) is 5.41. The summed E-state index contributed by atoms with van der Waals surface area (Å²) in [5.74, 6) is 0.969. The molecule has 19 heavy (non-hydrogen) atoms. The third kappa shape index (κ3) is 2.61. The maximum Gasteiger partial charge on any atom is 0.225 e. The molecule has 1 N–H and O–H groups in total. The Morgan fingerprint density at radius 2 is 2.26 bits per heavy atom. The topological polar surface area (TPSA) is 58.1 Å². The van der Waals surface area contributed by atoms with Crippen LogP contribution < -0.4 is 10.2 Å². The van der Waals surface area contributed by atoms with Crippen LogP contribution in [-0.2, 0) is 17.6 Å². The van der Waals surface area contributed by atoms with Gasteiger partial charge >= 0.3 is 0 Å². The van der Waals surface area contributed by atoms with E-state index in [1.54, 1.807) is 6.92 Å². The molecule has 1 atom stereocenters. The number of anilines is 1. The lowest BCUT2D eigenvalue weighted by atomic mass is 9.98. The standard InChI is InChI=1S/C14H20N4O/c1-10(19)13-9-18(7-6-15-13)14-16-8-11-4-2-3-5-12(11)17-14/h8,13,15H,2-7,9H2,1H3/t13-/m1/s1. The Bertz CT molecular complexity index is 488. The van der Waals surface area contributed by atoms with E-state index in [4.69, 9.17) is 4.98 Å². The minimum absolute atomic E-state index is 0.0895. The van der Waals surface area contributed by atoms with Gasteiger partial charge in [-0.25, -0.2) is 9.97 Å². The molecule has 0 bridgehead atoms. The molecule has 0 saturated carbocycles. The number of ketones is 1. The molecule has 102 valence electrons. The van der Waals surface area contributed by atoms with Gasteiger partial charge in [0.1, 0.15) is 5.78 Å². The molecule has 0 unspecified atom stereocenters. The zero-order valence-corrected chi connectivity index (χ0v) is 11.4. The molecule has 1 saturated heterocycles. The van der Waals surface area contributed by atoms with E-state index in [9.17, 15) is 4.79 Å². The predicted molar refractivity (Wildman–Crippen MR) is 73.4 cm³/mol. The van der Waals surface area contributed by atoms with Gasteiger partial charge in [-0.2, -0.15) is 0 Å². The van der Waals surface area contributed by atoms with Crippen molar-refractivity contribution in [3.63, 3.8) is 0 Å². The smallest absolute Gasteiger partial charge is 0.225 e. The first kappa shape index (κ1) is 12.5. The van der Waals surface area contributed by atoms with Gasteiger partial charge in [-0.15, -0.1) is 0 Å². The first-order chi connectivity index (χ1) is 9.24. The molecule has 1 fully saturated rings. The molecule has 1 aromatic rings. The number of aryl methyl sites for hydroxylation is 2. The molecule has 0 radical (unpaired) electrons. The van der Waals surface area contributed by atoms with Crippen molar-refractivity contribution in [1.82, 2.24) is 15.3 Å². The van der Waals surface area contributed by atoms with Crippen LogP contribution >= 0.6 is 0 Å². The number of fused-ring (bicyclic) bond motifs is 1. The van der Waals surface area contributed by atoms with Gasteiger partial charge < -0.3 is 10.2 Å². The number of aromatic nitrogens is 2. The lowest BCUT2D eigenvalue weighted by Crippen LogP contribution is -2.54. The summed E-state index contributed by atoms with van der Waals surface area (Å²) in [6.45, 7) is 3.98. The Balaban J connectivity index is 1.79.